The number of rotatable bonds is 0. The number of anilines is 2. The average Bonchev–Trinajstić information content (AvgIpc) is 2.30. The van der Waals surface area contributed by atoms with Crippen molar-refractivity contribution in [3.63, 3.8) is 0 Å². The van der Waals surface area contributed by atoms with Gasteiger partial charge in [-0.1, -0.05) is 0 Å². The van der Waals surface area contributed by atoms with Crippen LogP contribution in [-0.4, -0.2) is 0 Å². The quantitative estimate of drug-likeness (QED) is 0.563. The molecule has 0 bridgehead atoms. The number of halogens is 4. The summed E-state index contributed by atoms with van der Waals surface area (Å²) >= 11 is 0. The SMILES string of the molecule is Nc1ccc(F)cc1F.Nc1ccc(F)cc1F. The Bertz CT molecular complexity index is 494. The number of nitrogen functional groups attached to an aromatic ring is 2. The maximum absolute atomic E-state index is 12.2. The fourth-order valence-corrected chi connectivity index (χ4v) is 1.00. The lowest BCUT2D eigenvalue weighted by atomic mass is 10.3. The molecule has 0 aliphatic heterocycles. The lowest BCUT2D eigenvalue weighted by Gasteiger charge is -1.92. The summed E-state index contributed by atoms with van der Waals surface area (Å²) in [5.74, 6) is -2.64. The van der Waals surface area contributed by atoms with Gasteiger partial charge in [0.05, 0.1) is 11.4 Å². The Morgan fingerprint density at radius 3 is 1.17 bits per heavy atom. The molecule has 0 aromatic heterocycles. The second kappa shape index (κ2) is 5.90. The maximum Gasteiger partial charge on any atom is 0.148 e. The van der Waals surface area contributed by atoms with Crippen LogP contribution in [0.15, 0.2) is 36.4 Å². The molecule has 2 rings (SSSR count). The first-order valence-electron chi connectivity index (χ1n) is 4.81. The van der Waals surface area contributed by atoms with Crippen LogP contribution < -0.4 is 11.5 Å². The molecule has 96 valence electrons. The van der Waals surface area contributed by atoms with E-state index in [1.165, 1.54) is 12.1 Å². The van der Waals surface area contributed by atoms with Gasteiger partial charge in [0, 0.05) is 12.1 Å². The lowest BCUT2D eigenvalue weighted by Crippen LogP contribution is -1.89. The Kier molecular flexibility index (Phi) is 4.53. The van der Waals surface area contributed by atoms with E-state index in [1.807, 2.05) is 0 Å². The molecule has 2 aromatic rings. The molecule has 0 atom stereocenters. The highest BCUT2D eigenvalue weighted by molar-refractivity contribution is 5.39. The molecule has 18 heavy (non-hydrogen) atoms. The molecule has 0 unspecified atom stereocenters. The zero-order valence-corrected chi connectivity index (χ0v) is 9.13. The lowest BCUT2D eigenvalue weighted by molar-refractivity contribution is 0.585. The summed E-state index contributed by atoms with van der Waals surface area (Å²) in [4.78, 5) is 0. The van der Waals surface area contributed by atoms with E-state index in [-0.39, 0.29) is 11.4 Å². The highest BCUT2D eigenvalue weighted by Gasteiger charge is 1.97. The van der Waals surface area contributed by atoms with Crippen LogP contribution in [-0.2, 0) is 0 Å². The first-order chi connectivity index (χ1) is 8.40. The van der Waals surface area contributed by atoms with E-state index in [2.05, 4.69) is 0 Å². The van der Waals surface area contributed by atoms with Crippen molar-refractivity contribution < 1.29 is 17.6 Å². The predicted molar refractivity (Wildman–Crippen MR) is 61.5 cm³/mol. The molecule has 0 heterocycles. The average molecular weight is 258 g/mol. The van der Waals surface area contributed by atoms with Crippen molar-refractivity contribution >= 4 is 11.4 Å². The highest BCUT2D eigenvalue weighted by atomic mass is 19.1. The van der Waals surface area contributed by atoms with Crippen LogP contribution in [0.3, 0.4) is 0 Å². The first-order valence-corrected chi connectivity index (χ1v) is 4.81. The molecule has 0 aliphatic rings. The molecule has 2 nitrogen and oxygen atoms in total. The van der Waals surface area contributed by atoms with Crippen LogP contribution in [0.1, 0.15) is 0 Å². The summed E-state index contributed by atoms with van der Waals surface area (Å²) in [6, 6.07) is 6.08. The second-order valence-corrected chi connectivity index (χ2v) is 3.33. The predicted octanol–water partition coefficient (Wildman–Crippen LogP) is 3.09. The van der Waals surface area contributed by atoms with Gasteiger partial charge in [0.1, 0.15) is 23.3 Å². The van der Waals surface area contributed by atoms with Gasteiger partial charge >= 0.3 is 0 Å². The zero-order chi connectivity index (χ0) is 13.7. The van der Waals surface area contributed by atoms with Gasteiger partial charge in [-0.25, -0.2) is 17.6 Å². The third kappa shape index (κ3) is 3.97. The zero-order valence-electron chi connectivity index (χ0n) is 9.13. The number of nitrogens with two attached hydrogens (primary N) is 2. The Labute approximate surface area is 101 Å². The van der Waals surface area contributed by atoms with Crippen LogP contribution in [0.2, 0.25) is 0 Å². The summed E-state index contributed by atoms with van der Waals surface area (Å²) < 4.78 is 48.5. The van der Waals surface area contributed by atoms with Crippen LogP contribution in [0.25, 0.3) is 0 Å². The van der Waals surface area contributed by atoms with Crippen molar-refractivity contribution in [3.05, 3.63) is 59.7 Å². The summed E-state index contributed by atoms with van der Waals surface area (Å²) in [7, 11) is 0. The van der Waals surface area contributed by atoms with E-state index in [9.17, 15) is 17.6 Å². The standard InChI is InChI=1S/2C6H5F2N/c2*7-4-1-2-6(9)5(8)3-4/h2*1-3H,9H2. The van der Waals surface area contributed by atoms with Gasteiger partial charge in [-0.05, 0) is 24.3 Å². The normalized spacial score (nSPS) is 9.56. The van der Waals surface area contributed by atoms with E-state index >= 15 is 0 Å². The highest BCUT2D eigenvalue weighted by Crippen LogP contribution is 2.10. The minimum atomic E-state index is -0.713. The monoisotopic (exact) mass is 258 g/mol. The molecule has 0 saturated carbocycles. The Balaban J connectivity index is 0.000000180. The van der Waals surface area contributed by atoms with E-state index in [4.69, 9.17) is 11.5 Å². The first kappa shape index (κ1) is 13.8. The largest absolute Gasteiger partial charge is 0.396 e. The molecule has 0 radical (unpaired) electrons. The summed E-state index contributed by atoms with van der Waals surface area (Å²) in [6.45, 7) is 0. The minimum absolute atomic E-state index is 0.0311. The van der Waals surface area contributed by atoms with Crippen LogP contribution in [0.5, 0.6) is 0 Å². The molecular formula is C12H10F4N2. The van der Waals surface area contributed by atoms with Gasteiger partial charge in [0.15, 0.2) is 0 Å². The number of hydrogen-bond acceptors (Lipinski definition) is 2. The molecule has 6 heteroatoms. The van der Waals surface area contributed by atoms with Gasteiger partial charge in [0.25, 0.3) is 0 Å². The van der Waals surface area contributed by atoms with Crippen molar-refractivity contribution in [2.24, 2.45) is 0 Å². The van der Waals surface area contributed by atoms with Crippen LogP contribution in [0, 0.1) is 23.3 Å². The third-order valence-electron chi connectivity index (χ3n) is 1.92. The molecule has 0 spiro atoms. The molecule has 2 aromatic carbocycles. The summed E-state index contributed by atoms with van der Waals surface area (Å²) in [5.41, 5.74) is 10.0. The van der Waals surface area contributed by atoms with Gasteiger partial charge in [0.2, 0.25) is 0 Å². The van der Waals surface area contributed by atoms with E-state index in [0.717, 1.165) is 24.3 Å². The van der Waals surface area contributed by atoms with Crippen LogP contribution >= 0.6 is 0 Å². The Morgan fingerprint density at radius 2 is 0.944 bits per heavy atom. The number of hydrogen-bond donors (Lipinski definition) is 2. The van der Waals surface area contributed by atoms with Crippen molar-refractivity contribution in [2.45, 2.75) is 0 Å². The van der Waals surface area contributed by atoms with Crippen molar-refractivity contribution in [2.75, 3.05) is 11.5 Å². The van der Waals surface area contributed by atoms with Crippen molar-refractivity contribution in [1.29, 1.82) is 0 Å². The second-order valence-electron chi connectivity index (χ2n) is 3.33. The van der Waals surface area contributed by atoms with Gasteiger partial charge < -0.3 is 11.5 Å². The molecular weight excluding hydrogens is 248 g/mol. The summed E-state index contributed by atoms with van der Waals surface area (Å²) in [6.07, 6.45) is 0. The van der Waals surface area contributed by atoms with Gasteiger partial charge in [-0.3, -0.25) is 0 Å². The van der Waals surface area contributed by atoms with Crippen molar-refractivity contribution in [3.8, 4) is 0 Å². The van der Waals surface area contributed by atoms with Gasteiger partial charge in [-0.15, -0.1) is 0 Å². The fourth-order valence-electron chi connectivity index (χ4n) is 1.00. The third-order valence-corrected chi connectivity index (χ3v) is 1.92. The molecule has 0 saturated heterocycles. The van der Waals surface area contributed by atoms with Crippen LogP contribution in [0.4, 0.5) is 28.9 Å². The smallest absolute Gasteiger partial charge is 0.148 e. The maximum atomic E-state index is 12.2. The van der Waals surface area contributed by atoms with Crippen molar-refractivity contribution in [1.82, 2.24) is 0 Å². The Morgan fingerprint density at radius 1 is 0.611 bits per heavy atom. The molecule has 0 fully saturated rings. The summed E-state index contributed by atoms with van der Waals surface area (Å²) in [5, 5.41) is 0. The minimum Gasteiger partial charge on any atom is -0.396 e. The van der Waals surface area contributed by atoms with Gasteiger partial charge in [-0.2, -0.15) is 0 Å². The molecule has 0 aliphatic carbocycles. The fraction of sp³-hybridized carbons (Fsp3) is 0. The Hall–Kier alpha value is -2.24. The molecule has 4 N–H and O–H groups in total. The van der Waals surface area contributed by atoms with E-state index < -0.39 is 23.3 Å². The van der Waals surface area contributed by atoms with E-state index in [0.29, 0.717) is 0 Å². The molecule has 0 amide bonds. The number of benzene rings is 2. The van der Waals surface area contributed by atoms with E-state index in [1.54, 1.807) is 0 Å². The topological polar surface area (TPSA) is 52.0 Å².